The summed E-state index contributed by atoms with van der Waals surface area (Å²) >= 11 is 5.84. The number of rotatable bonds is 8. The van der Waals surface area contributed by atoms with Gasteiger partial charge in [-0.2, -0.15) is 0 Å². The average molecular weight is 270 g/mol. The van der Waals surface area contributed by atoms with Crippen LogP contribution in [0.15, 0.2) is 24.3 Å². The van der Waals surface area contributed by atoms with Crippen molar-refractivity contribution >= 4 is 23.3 Å². The Balaban J connectivity index is 2.13. The minimum absolute atomic E-state index is 0.175. The van der Waals surface area contributed by atoms with E-state index in [1.54, 1.807) is 12.1 Å². The highest BCUT2D eigenvalue weighted by Gasteiger charge is 2.02. The first-order chi connectivity index (χ1) is 8.72. The lowest BCUT2D eigenvalue weighted by atomic mass is 10.2. The highest BCUT2D eigenvalue weighted by Crippen LogP contribution is 2.14. The van der Waals surface area contributed by atoms with Crippen LogP contribution in [-0.4, -0.2) is 19.1 Å². The van der Waals surface area contributed by atoms with Gasteiger partial charge in [0, 0.05) is 10.7 Å². The molecule has 0 atom stereocenters. The molecule has 1 aromatic carbocycles. The summed E-state index contributed by atoms with van der Waals surface area (Å²) in [5, 5.41) is 3.62. The standard InChI is InChI=1S/C14H20ClNO2/c1-2-3-4-5-9-18-14(17)11-16-13-8-6-7-12(15)10-13/h6-8,10,16H,2-5,9,11H2,1H3. The Hall–Kier alpha value is -1.22. The van der Waals surface area contributed by atoms with Gasteiger partial charge in [-0.1, -0.05) is 43.9 Å². The molecular formula is C14H20ClNO2. The van der Waals surface area contributed by atoms with Crippen LogP contribution in [0.5, 0.6) is 0 Å². The molecule has 18 heavy (non-hydrogen) atoms. The number of hydrogen-bond acceptors (Lipinski definition) is 3. The van der Waals surface area contributed by atoms with Crippen molar-refractivity contribution < 1.29 is 9.53 Å². The Morgan fingerprint density at radius 3 is 2.89 bits per heavy atom. The van der Waals surface area contributed by atoms with Crippen LogP contribution in [0.4, 0.5) is 5.69 Å². The van der Waals surface area contributed by atoms with Gasteiger partial charge in [-0.25, -0.2) is 0 Å². The molecule has 1 rings (SSSR count). The first kappa shape index (κ1) is 14.8. The lowest BCUT2D eigenvalue weighted by molar-refractivity contribution is -0.141. The van der Waals surface area contributed by atoms with Crippen LogP contribution in [0.1, 0.15) is 32.6 Å². The minimum atomic E-state index is -0.230. The molecule has 0 aliphatic rings. The first-order valence-electron chi connectivity index (χ1n) is 6.37. The van der Waals surface area contributed by atoms with E-state index in [0.29, 0.717) is 11.6 Å². The molecule has 0 bridgehead atoms. The van der Waals surface area contributed by atoms with Gasteiger partial charge in [0.1, 0.15) is 6.54 Å². The molecule has 100 valence electrons. The van der Waals surface area contributed by atoms with Crippen LogP contribution in [0.25, 0.3) is 0 Å². The molecule has 0 unspecified atom stereocenters. The summed E-state index contributed by atoms with van der Waals surface area (Å²) < 4.78 is 5.11. The van der Waals surface area contributed by atoms with E-state index in [-0.39, 0.29) is 12.5 Å². The van der Waals surface area contributed by atoms with E-state index in [0.717, 1.165) is 18.5 Å². The second-order valence-corrected chi connectivity index (χ2v) is 4.58. The molecule has 0 saturated heterocycles. The number of carbonyl (C=O) groups is 1. The Labute approximate surface area is 113 Å². The van der Waals surface area contributed by atoms with Crippen LogP contribution in [-0.2, 0) is 9.53 Å². The Kier molecular flexibility index (Phi) is 7.26. The number of ether oxygens (including phenoxy) is 1. The summed E-state index contributed by atoms with van der Waals surface area (Å²) in [6, 6.07) is 7.26. The predicted molar refractivity (Wildman–Crippen MR) is 75.0 cm³/mol. The van der Waals surface area contributed by atoms with Crippen molar-refractivity contribution in [3.05, 3.63) is 29.3 Å². The number of halogens is 1. The van der Waals surface area contributed by atoms with Gasteiger partial charge in [-0.05, 0) is 24.6 Å². The van der Waals surface area contributed by atoms with E-state index in [2.05, 4.69) is 12.2 Å². The number of esters is 1. The van der Waals surface area contributed by atoms with Crippen molar-refractivity contribution in [1.29, 1.82) is 0 Å². The van der Waals surface area contributed by atoms with Gasteiger partial charge in [0.05, 0.1) is 6.61 Å². The maximum absolute atomic E-state index is 11.4. The molecule has 0 fully saturated rings. The second kappa shape index (κ2) is 8.81. The summed E-state index contributed by atoms with van der Waals surface area (Å²) in [5.74, 6) is -0.230. The normalized spacial score (nSPS) is 10.1. The summed E-state index contributed by atoms with van der Waals surface area (Å²) in [5.41, 5.74) is 0.824. The smallest absolute Gasteiger partial charge is 0.325 e. The van der Waals surface area contributed by atoms with Crippen molar-refractivity contribution in [1.82, 2.24) is 0 Å². The zero-order chi connectivity index (χ0) is 13.2. The molecule has 0 amide bonds. The maximum Gasteiger partial charge on any atom is 0.325 e. The van der Waals surface area contributed by atoms with Crippen molar-refractivity contribution in [3.63, 3.8) is 0 Å². The molecule has 0 aliphatic heterocycles. The fourth-order valence-electron chi connectivity index (χ4n) is 1.54. The van der Waals surface area contributed by atoms with E-state index < -0.39 is 0 Å². The summed E-state index contributed by atoms with van der Waals surface area (Å²) in [6.45, 7) is 2.84. The molecule has 0 saturated carbocycles. The van der Waals surface area contributed by atoms with E-state index >= 15 is 0 Å². The number of anilines is 1. The molecule has 0 heterocycles. The van der Waals surface area contributed by atoms with Crippen LogP contribution < -0.4 is 5.32 Å². The van der Waals surface area contributed by atoms with Gasteiger partial charge in [-0.3, -0.25) is 4.79 Å². The number of nitrogens with one attached hydrogen (secondary N) is 1. The number of carbonyl (C=O) groups excluding carboxylic acids is 1. The fourth-order valence-corrected chi connectivity index (χ4v) is 1.73. The topological polar surface area (TPSA) is 38.3 Å². The van der Waals surface area contributed by atoms with E-state index in [1.165, 1.54) is 12.8 Å². The zero-order valence-electron chi connectivity index (χ0n) is 10.7. The summed E-state index contributed by atoms with van der Waals surface area (Å²) in [4.78, 5) is 11.4. The van der Waals surface area contributed by atoms with Gasteiger partial charge in [0.25, 0.3) is 0 Å². The van der Waals surface area contributed by atoms with E-state index in [4.69, 9.17) is 16.3 Å². The average Bonchev–Trinajstić information content (AvgIpc) is 2.36. The lowest BCUT2D eigenvalue weighted by Gasteiger charge is -2.07. The monoisotopic (exact) mass is 269 g/mol. The predicted octanol–water partition coefficient (Wildman–Crippen LogP) is 3.88. The van der Waals surface area contributed by atoms with Crippen molar-refractivity contribution in [2.75, 3.05) is 18.5 Å². The third-order valence-electron chi connectivity index (χ3n) is 2.52. The lowest BCUT2D eigenvalue weighted by Crippen LogP contribution is -2.17. The fraction of sp³-hybridized carbons (Fsp3) is 0.500. The summed E-state index contributed by atoms with van der Waals surface area (Å²) in [6.07, 6.45) is 4.44. The van der Waals surface area contributed by atoms with Crippen molar-refractivity contribution in [3.8, 4) is 0 Å². The Morgan fingerprint density at radius 1 is 1.33 bits per heavy atom. The number of unbranched alkanes of at least 4 members (excludes halogenated alkanes) is 3. The maximum atomic E-state index is 11.4. The highest BCUT2D eigenvalue weighted by molar-refractivity contribution is 6.30. The van der Waals surface area contributed by atoms with Gasteiger partial charge >= 0.3 is 5.97 Å². The van der Waals surface area contributed by atoms with Gasteiger partial charge in [0.2, 0.25) is 0 Å². The van der Waals surface area contributed by atoms with Crippen LogP contribution in [0.3, 0.4) is 0 Å². The third-order valence-corrected chi connectivity index (χ3v) is 2.76. The van der Waals surface area contributed by atoms with E-state index in [9.17, 15) is 4.79 Å². The molecular weight excluding hydrogens is 250 g/mol. The molecule has 0 spiro atoms. The zero-order valence-corrected chi connectivity index (χ0v) is 11.5. The molecule has 1 aromatic rings. The SMILES string of the molecule is CCCCCCOC(=O)CNc1cccc(Cl)c1. The molecule has 1 N–H and O–H groups in total. The van der Waals surface area contributed by atoms with Crippen molar-refractivity contribution in [2.45, 2.75) is 32.6 Å². The quantitative estimate of drug-likeness (QED) is 0.575. The van der Waals surface area contributed by atoms with Crippen LogP contribution >= 0.6 is 11.6 Å². The van der Waals surface area contributed by atoms with Crippen molar-refractivity contribution in [2.24, 2.45) is 0 Å². The molecule has 3 nitrogen and oxygen atoms in total. The third kappa shape index (κ3) is 6.50. The van der Waals surface area contributed by atoms with Crippen LogP contribution in [0.2, 0.25) is 5.02 Å². The summed E-state index contributed by atoms with van der Waals surface area (Å²) in [7, 11) is 0. The highest BCUT2D eigenvalue weighted by atomic mass is 35.5. The molecule has 0 radical (unpaired) electrons. The largest absolute Gasteiger partial charge is 0.464 e. The second-order valence-electron chi connectivity index (χ2n) is 4.15. The number of benzene rings is 1. The molecule has 0 aromatic heterocycles. The minimum Gasteiger partial charge on any atom is -0.464 e. The molecule has 4 heteroatoms. The Bertz CT molecular complexity index is 369. The first-order valence-corrected chi connectivity index (χ1v) is 6.75. The van der Waals surface area contributed by atoms with Crippen LogP contribution in [0, 0.1) is 0 Å². The van der Waals surface area contributed by atoms with Gasteiger partial charge in [0.15, 0.2) is 0 Å². The van der Waals surface area contributed by atoms with Gasteiger partial charge in [-0.15, -0.1) is 0 Å². The number of hydrogen-bond donors (Lipinski definition) is 1. The van der Waals surface area contributed by atoms with E-state index in [1.807, 2.05) is 12.1 Å². The molecule has 0 aliphatic carbocycles. The Morgan fingerprint density at radius 2 is 2.17 bits per heavy atom. The van der Waals surface area contributed by atoms with Gasteiger partial charge < -0.3 is 10.1 Å².